The maximum Gasteiger partial charge on any atom is 0.323 e. The maximum atomic E-state index is 14.7. The van der Waals surface area contributed by atoms with E-state index in [2.05, 4.69) is 5.32 Å². The number of amides is 3. The second-order valence-corrected chi connectivity index (χ2v) is 6.13. The van der Waals surface area contributed by atoms with Crippen LogP contribution in [0.25, 0.3) is 0 Å². The van der Waals surface area contributed by atoms with Crippen LogP contribution >= 0.6 is 0 Å². The summed E-state index contributed by atoms with van der Waals surface area (Å²) >= 11 is 0. The molecule has 0 bridgehead atoms. The van der Waals surface area contributed by atoms with Crippen molar-refractivity contribution in [2.75, 3.05) is 16.8 Å². The number of nitrogens with zero attached hydrogens (tertiary/aromatic N) is 2. The molecule has 0 saturated carbocycles. The molecule has 2 aliphatic heterocycles. The second-order valence-electron chi connectivity index (χ2n) is 6.13. The van der Waals surface area contributed by atoms with Crippen molar-refractivity contribution in [3.63, 3.8) is 0 Å². The Balaban J connectivity index is 1.91. The van der Waals surface area contributed by atoms with Gasteiger partial charge < -0.3 is 10.1 Å². The van der Waals surface area contributed by atoms with Gasteiger partial charge in [0.05, 0.1) is 4.92 Å². The van der Waals surface area contributed by atoms with Crippen LogP contribution in [0.1, 0.15) is 25.7 Å². The molecule has 26 heavy (non-hydrogen) atoms. The first-order valence-electron chi connectivity index (χ1n) is 7.94. The van der Waals surface area contributed by atoms with E-state index < -0.39 is 46.4 Å². The van der Waals surface area contributed by atoms with E-state index in [-0.39, 0.29) is 22.6 Å². The number of ether oxygens (including phenoxy) is 1. The van der Waals surface area contributed by atoms with Gasteiger partial charge in [0.25, 0.3) is 17.7 Å². The number of halogens is 1. The third kappa shape index (κ3) is 2.18. The van der Waals surface area contributed by atoms with E-state index in [1.54, 1.807) is 0 Å². The van der Waals surface area contributed by atoms with Gasteiger partial charge in [-0.05, 0) is 25.7 Å². The van der Waals surface area contributed by atoms with Crippen LogP contribution < -0.4 is 15.0 Å². The minimum atomic E-state index is -1.15. The number of carbonyl (C=O) groups is 3. The highest BCUT2D eigenvalue weighted by molar-refractivity contribution is 6.34. The lowest BCUT2D eigenvalue weighted by Gasteiger charge is -2.22. The van der Waals surface area contributed by atoms with Crippen molar-refractivity contribution in [1.82, 2.24) is 0 Å². The molecule has 3 aliphatic rings. The minimum Gasteiger partial charge on any atom is -0.481 e. The molecule has 1 aromatic rings. The molecular formula is C16H12FN3O6. The van der Waals surface area contributed by atoms with Crippen LogP contribution in [0.2, 0.25) is 0 Å². The molecule has 134 valence electrons. The normalized spacial score (nSPS) is 19.1. The van der Waals surface area contributed by atoms with Crippen LogP contribution in [-0.2, 0) is 14.4 Å². The van der Waals surface area contributed by atoms with Gasteiger partial charge >= 0.3 is 5.69 Å². The van der Waals surface area contributed by atoms with Crippen molar-refractivity contribution in [3.05, 3.63) is 33.1 Å². The number of rotatable bonds is 2. The van der Waals surface area contributed by atoms with Crippen LogP contribution in [-0.4, -0.2) is 29.3 Å². The summed E-state index contributed by atoms with van der Waals surface area (Å²) in [5, 5.41) is 13.9. The molecule has 0 radical (unpaired) electrons. The predicted octanol–water partition coefficient (Wildman–Crippen LogP) is 1.81. The van der Waals surface area contributed by atoms with E-state index in [1.165, 1.54) is 0 Å². The Kier molecular flexibility index (Phi) is 3.49. The van der Waals surface area contributed by atoms with Gasteiger partial charge in [0, 0.05) is 17.2 Å². The maximum absolute atomic E-state index is 14.7. The lowest BCUT2D eigenvalue weighted by molar-refractivity contribution is -0.383. The average Bonchev–Trinajstić information content (AvgIpc) is 2.85. The van der Waals surface area contributed by atoms with Crippen LogP contribution in [0.15, 0.2) is 17.2 Å². The Morgan fingerprint density at radius 2 is 1.77 bits per heavy atom. The summed E-state index contributed by atoms with van der Waals surface area (Å²) < 4.78 is 19.7. The zero-order valence-corrected chi connectivity index (χ0v) is 13.3. The first-order chi connectivity index (χ1) is 12.4. The average molecular weight is 361 g/mol. The molecule has 0 atom stereocenters. The van der Waals surface area contributed by atoms with Gasteiger partial charge in [-0.25, -0.2) is 9.29 Å². The fourth-order valence-electron chi connectivity index (χ4n) is 3.49. The number of hydrogen-bond donors (Lipinski definition) is 1. The third-order valence-electron chi connectivity index (χ3n) is 4.61. The molecule has 0 aromatic heterocycles. The van der Waals surface area contributed by atoms with E-state index >= 15 is 0 Å². The van der Waals surface area contributed by atoms with Gasteiger partial charge in [-0.1, -0.05) is 0 Å². The number of fused-ring (bicyclic) bond motifs is 1. The number of benzene rings is 1. The Hall–Kier alpha value is -3.30. The summed E-state index contributed by atoms with van der Waals surface area (Å²) in [6, 6.07) is 0.828. The molecule has 3 amide bonds. The molecular weight excluding hydrogens is 349 g/mol. The fourth-order valence-corrected chi connectivity index (χ4v) is 3.49. The van der Waals surface area contributed by atoms with E-state index in [9.17, 15) is 28.9 Å². The highest BCUT2D eigenvalue weighted by Crippen LogP contribution is 2.48. The number of nitro groups is 1. The van der Waals surface area contributed by atoms with Crippen molar-refractivity contribution in [1.29, 1.82) is 0 Å². The van der Waals surface area contributed by atoms with Crippen LogP contribution in [0.5, 0.6) is 5.75 Å². The number of nitrogens with one attached hydrogen (secondary N) is 1. The second kappa shape index (κ2) is 5.61. The van der Waals surface area contributed by atoms with E-state index in [0.717, 1.165) is 6.07 Å². The first kappa shape index (κ1) is 16.2. The number of hydrogen-bond acceptors (Lipinski definition) is 6. The topological polar surface area (TPSA) is 119 Å². The summed E-state index contributed by atoms with van der Waals surface area (Å²) in [5.41, 5.74) is -1.48. The Morgan fingerprint density at radius 1 is 1.15 bits per heavy atom. The quantitative estimate of drug-likeness (QED) is 0.487. The van der Waals surface area contributed by atoms with Crippen molar-refractivity contribution < 1.29 is 28.4 Å². The summed E-state index contributed by atoms with van der Waals surface area (Å²) in [7, 11) is 0. The van der Waals surface area contributed by atoms with E-state index in [0.29, 0.717) is 30.6 Å². The Bertz CT molecular complexity index is 910. The summed E-state index contributed by atoms with van der Waals surface area (Å²) in [6.07, 6.45) is 2.17. The molecule has 4 rings (SSSR count). The summed E-state index contributed by atoms with van der Waals surface area (Å²) in [6.45, 7) is -0.416. The molecule has 10 heteroatoms. The van der Waals surface area contributed by atoms with Gasteiger partial charge in [0.2, 0.25) is 0 Å². The zero-order chi connectivity index (χ0) is 18.6. The van der Waals surface area contributed by atoms with Crippen molar-refractivity contribution in [3.8, 4) is 5.75 Å². The molecule has 9 nitrogen and oxygen atoms in total. The van der Waals surface area contributed by atoms with Crippen LogP contribution in [0, 0.1) is 15.9 Å². The largest absolute Gasteiger partial charge is 0.481 e. The number of nitro benzene ring substituents is 1. The summed E-state index contributed by atoms with van der Waals surface area (Å²) in [5.74, 6) is -3.54. The monoisotopic (exact) mass is 361 g/mol. The smallest absolute Gasteiger partial charge is 0.323 e. The third-order valence-corrected chi connectivity index (χ3v) is 4.61. The predicted molar refractivity (Wildman–Crippen MR) is 85.2 cm³/mol. The summed E-state index contributed by atoms with van der Waals surface area (Å²) in [4.78, 5) is 48.0. The number of anilines is 2. The lowest BCUT2D eigenvalue weighted by atomic mass is 9.93. The van der Waals surface area contributed by atoms with Gasteiger partial charge in [0.15, 0.2) is 29.5 Å². The van der Waals surface area contributed by atoms with Crippen molar-refractivity contribution in [2.45, 2.75) is 25.7 Å². The zero-order valence-electron chi connectivity index (χ0n) is 13.3. The lowest BCUT2D eigenvalue weighted by Crippen LogP contribution is -2.34. The van der Waals surface area contributed by atoms with Crippen molar-refractivity contribution in [2.24, 2.45) is 0 Å². The molecule has 0 unspecified atom stereocenters. The molecule has 0 saturated heterocycles. The van der Waals surface area contributed by atoms with Gasteiger partial charge in [-0.3, -0.25) is 24.5 Å². The number of carbonyl (C=O) groups excluding carboxylic acids is 3. The minimum absolute atomic E-state index is 0.227. The molecule has 1 aliphatic carbocycles. The van der Waals surface area contributed by atoms with Gasteiger partial charge in [-0.15, -0.1) is 0 Å². The Morgan fingerprint density at radius 3 is 2.35 bits per heavy atom. The highest BCUT2D eigenvalue weighted by atomic mass is 19.1. The molecule has 1 aromatic carbocycles. The van der Waals surface area contributed by atoms with Gasteiger partial charge in [-0.2, -0.15) is 0 Å². The molecule has 1 N–H and O–H groups in total. The van der Waals surface area contributed by atoms with E-state index in [4.69, 9.17) is 4.74 Å². The standard InChI is InChI=1S/C16H12FN3O6/c17-9-5-10-12(18-11(21)6-26-10)14(20(24)25)13(9)19-15(22)7-3-1-2-4-8(7)16(19)23/h5H,1-4,6H2,(H,18,21). The molecule has 0 fully saturated rings. The van der Waals surface area contributed by atoms with Crippen LogP contribution in [0.3, 0.4) is 0 Å². The van der Waals surface area contributed by atoms with Crippen molar-refractivity contribution >= 4 is 34.8 Å². The first-order valence-corrected chi connectivity index (χ1v) is 7.94. The SMILES string of the molecule is O=C1COc2cc(F)c(N3C(=O)C4=C(CCCC4)C3=O)c([N+](=O)[O-])c2N1. The van der Waals surface area contributed by atoms with E-state index in [1.807, 2.05) is 0 Å². The van der Waals surface area contributed by atoms with Gasteiger partial charge in [0.1, 0.15) is 0 Å². The highest BCUT2D eigenvalue weighted by Gasteiger charge is 2.45. The Labute approximate surface area is 145 Å². The van der Waals surface area contributed by atoms with Crippen LogP contribution in [0.4, 0.5) is 21.5 Å². The molecule has 2 heterocycles. The fraction of sp³-hybridized carbons (Fsp3) is 0.312. The number of imide groups is 1. The molecule has 0 spiro atoms.